The van der Waals surface area contributed by atoms with Gasteiger partial charge in [0.1, 0.15) is 11.7 Å². The topological polar surface area (TPSA) is 120 Å². The number of hydrogen-bond acceptors (Lipinski definition) is 6. The minimum absolute atomic E-state index is 0.365. The summed E-state index contributed by atoms with van der Waals surface area (Å²) in [5.41, 5.74) is 6.08. The van der Waals surface area contributed by atoms with E-state index in [2.05, 4.69) is 20.0 Å². The number of ether oxygens (including phenoxy) is 1. The lowest BCUT2D eigenvalue weighted by Gasteiger charge is -2.16. The van der Waals surface area contributed by atoms with Crippen LogP contribution in [0.4, 0.5) is 10.5 Å². The molecule has 0 spiro atoms. The Morgan fingerprint density at radius 1 is 1.02 bits per heavy atom. The van der Waals surface area contributed by atoms with E-state index in [1.54, 1.807) is 42.9 Å². The predicted octanol–water partition coefficient (Wildman–Crippen LogP) is 7.24. The normalized spacial score (nSPS) is 11.7. The molecule has 3 aromatic carbocycles. The first-order valence-electron chi connectivity index (χ1n) is 13.4. The molecule has 10 heteroatoms. The van der Waals surface area contributed by atoms with Crippen molar-refractivity contribution in [2.75, 3.05) is 12.4 Å². The van der Waals surface area contributed by atoms with Crippen molar-refractivity contribution in [1.29, 1.82) is 0 Å². The fourth-order valence-electron chi connectivity index (χ4n) is 4.99. The van der Waals surface area contributed by atoms with Crippen molar-refractivity contribution in [3.8, 4) is 33.7 Å². The molecule has 0 fully saturated rings. The molecule has 9 nitrogen and oxygen atoms in total. The quantitative estimate of drug-likeness (QED) is 0.142. The van der Waals surface area contributed by atoms with E-state index in [4.69, 9.17) is 21.0 Å². The largest absolute Gasteiger partial charge is 0.618 e. The van der Waals surface area contributed by atoms with Crippen molar-refractivity contribution in [2.45, 2.75) is 12.3 Å². The van der Waals surface area contributed by atoms with Crippen LogP contribution in [0.5, 0.6) is 0 Å². The van der Waals surface area contributed by atoms with Crippen LogP contribution in [-0.2, 0) is 11.2 Å². The Hall–Kier alpha value is -5.41. The van der Waals surface area contributed by atoms with Crippen molar-refractivity contribution < 1.29 is 18.7 Å². The van der Waals surface area contributed by atoms with Gasteiger partial charge in [0.25, 0.3) is 0 Å². The predicted molar refractivity (Wildman–Crippen MR) is 163 cm³/mol. The SMILES string of the molecule is COC(=O)Nc1ccc(-c2cnc([C@H](Cc3ccccc3)c3ccc(-c4cc(Cl)ccc4-c4cnco4)c[n+]3[O-])[nH]2)cc1. The molecule has 0 aliphatic carbocycles. The molecular formula is C33H26ClN5O4. The van der Waals surface area contributed by atoms with Crippen LogP contribution in [0.1, 0.15) is 23.0 Å². The van der Waals surface area contributed by atoms with Gasteiger partial charge >= 0.3 is 6.09 Å². The van der Waals surface area contributed by atoms with Crippen LogP contribution >= 0.6 is 11.6 Å². The highest BCUT2D eigenvalue weighted by atomic mass is 35.5. The van der Waals surface area contributed by atoms with Crippen molar-refractivity contribution in [3.05, 3.63) is 137 Å². The van der Waals surface area contributed by atoms with Gasteiger partial charge < -0.3 is 19.3 Å². The third kappa shape index (κ3) is 6.12. The van der Waals surface area contributed by atoms with Gasteiger partial charge in [0, 0.05) is 33.5 Å². The Balaban J connectivity index is 1.35. The molecule has 0 bridgehead atoms. The van der Waals surface area contributed by atoms with Gasteiger partial charge in [-0.15, -0.1) is 0 Å². The van der Waals surface area contributed by atoms with Gasteiger partial charge in [-0.25, -0.2) is 14.8 Å². The third-order valence-corrected chi connectivity index (χ3v) is 7.36. The fourth-order valence-corrected chi connectivity index (χ4v) is 5.17. The fraction of sp³-hybridized carbons (Fsp3) is 0.0909. The Bertz CT molecular complexity index is 1850. The van der Waals surface area contributed by atoms with Crippen molar-refractivity contribution in [3.63, 3.8) is 0 Å². The van der Waals surface area contributed by atoms with Crippen LogP contribution < -0.4 is 10.0 Å². The molecule has 0 aliphatic heterocycles. The number of amides is 1. The third-order valence-electron chi connectivity index (χ3n) is 7.13. The Morgan fingerprint density at radius 3 is 2.53 bits per heavy atom. The molecule has 0 saturated heterocycles. The number of aromatic nitrogens is 4. The minimum Gasteiger partial charge on any atom is -0.618 e. The molecule has 0 radical (unpaired) electrons. The number of H-pyrrole nitrogens is 1. The second-order valence-electron chi connectivity index (χ2n) is 9.84. The summed E-state index contributed by atoms with van der Waals surface area (Å²) in [5, 5.41) is 16.9. The number of anilines is 1. The maximum Gasteiger partial charge on any atom is 0.411 e. The smallest absolute Gasteiger partial charge is 0.411 e. The highest BCUT2D eigenvalue weighted by Gasteiger charge is 2.27. The van der Waals surface area contributed by atoms with E-state index in [0.717, 1.165) is 32.7 Å². The molecule has 214 valence electrons. The lowest BCUT2D eigenvalue weighted by atomic mass is 9.93. The number of nitrogens with one attached hydrogen (secondary N) is 2. The van der Waals surface area contributed by atoms with Crippen LogP contribution in [0, 0.1) is 5.21 Å². The standard InChI is InChI=1S/C33H26ClN5O4/c1-42-33(40)37-25-11-7-22(8-12-25)29-17-36-32(38-29)28(15-21-5-3-2-4-6-21)30-14-9-23(19-39(30)41)27-16-24(34)10-13-26(27)31-18-35-20-43-31/h2-14,16-20,28H,15H2,1H3,(H,36,38)(H,37,40)/t28-/m1/s1. The van der Waals surface area contributed by atoms with E-state index in [9.17, 15) is 10.0 Å². The summed E-state index contributed by atoms with van der Waals surface area (Å²) < 4.78 is 11.1. The summed E-state index contributed by atoms with van der Waals surface area (Å²) >= 11 is 6.34. The lowest BCUT2D eigenvalue weighted by Crippen LogP contribution is -2.34. The number of halogens is 1. The molecule has 2 N–H and O–H groups in total. The van der Waals surface area contributed by atoms with Crippen LogP contribution in [-0.4, -0.2) is 28.2 Å². The number of aromatic amines is 1. The first-order chi connectivity index (χ1) is 21.0. The van der Waals surface area contributed by atoms with E-state index in [1.165, 1.54) is 13.5 Å². The second kappa shape index (κ2) is 12.2. The number of methoxy groups -OCH3 is 1. The average molecular weight is 592 g/mol. The Morgan fingerprint density at radius 2 is 1.81 bits per heavy atom. The van der Waals surface area contributed by atoms with Crippen molar-refractivity contribution in [2.24, 2.45) is 0 Å². The van der Waals surface area contributed by atoms with Crippen molar-refractivity contribution >= 4 is 23.4 Å². The summed E-state index contributed by atoms with van der Waals surface area (Å²) in [6.07, 6.45) is 6.30. The molecule has 6 aromatic rings. The monoisotopic (exact) mass is 591 g/mol. The molecule has 1 atom stereocenters. The highest BCUT2D eigenvalue weighted by molar-refractivity contribution is 6.31. The molecule has 0 unspecified atom stereocenters. The molecular weight excluding hydrogens is 566 g/mol. The van der Waals surface area contributed by atoms with Gasteiger partial charge in [-0.1, -0.05) is 54.1 Å². The maximum absolute atomic E-state index is 13.7. The van der Waals surface area contributed by atoms with Gasteiger partial charge in [-0.3, -0.25) is 5.32 Å². The zero-order valence-electron chi connectivity index (χ0n) is 23.0. The highest BCUT2D eigenvalue weighted by Crippen LogP contribution is 2.35. The van der Waals surface area contributed by atoms with E-state index in [0.29, 0.717) is 40.0 Å². The first kappa shape index (κ1) is 27.7. The van der Waals surface area contributed by atoms with Crippen LogP contribution in [0.3, 0.4) is 0 Å². The van der Waals surface area contributed by atoms with Gasteiger partial charge in [0.2, 0.25) is 5.69 Å². The van der Waals surface area contributed by atoms with E-state index in [1.807, 2.05) is 60.7 Å². The number of benzene rings is 3. The molecule has 6 rings (SSSR count). The van der Waals surface area contributed by atoms with Gasteiger partial charge in [0.05, 0.1) is 25.2 Å². The molecule has 3 heterocycles. The van der Waals surface area contributed by atoms with Crippen LogP contribution in [0.15, 0.2) is 114 Å². The molecule has 3 aromatic heterocycles. The Kier molecular flexibility index (Phi) is 7.88. The van der Waals surface area contributed by atoms with Crippen LogP contribution in [0.2, 0.25) is 5.02 Å². The second-order valence-corrected chi connectivity index (χ2v) is 10.3. The number of pyridine rings is 1. The molecule has 43 heavy (non-hydrogen) atoms. The minimum atomic E-state index is -0.540. The number of nitrogens with zero attached hydrogens (tertiary/aromatic N) is 3. The first-order valence-corrected chi connectivity index (χ1v) is 13.8. The summed E-state index contributed by atoms with van der Waals surface area (Å²) in [6, 6.07) is 26.4. The molecule has 0 aliphatic rings. The zero-order chi connectivity index (χ0) is 29.8. The van der Waals surface area contributed by atoms with Crippen LogP contribution in [0.25, 0.3) is 33.7 Å². The van der Waals surface area contributed by atoms with Gasteiger partial charge in [-0.2, -0.15) is 4.73 Å². The van der Waals surface area contributed by atoms with E-state index < -0.39 is 6.09 Å². The number of hydrogen-bond donors (Lipinski definition) is 2. The van der Waals surface area contributed by atoms with E-state index >= 15 is 0 Å². The summed E-state index contributed by atoms with van der Waals surface area (Å²) in [6.45, 7) is 0. The molecule has 1 amide bonds. The summed E-state index contributed by atoms with van der Waals surface area (Å²) in [7, 11) is 1.31. The van der Waals surface area contributed by atoms with Gasteiger partial charge in [-0.05, 0) is 53.9 Å². The number of rotatable bonds is 8. The average Bonchev–Trinajstić information content (AvgIpc) is 3.74. The lowest BCUT2D eigenvalue weighted by molar-refractivity contribution is -0.614. The number of imidazole rings is 1. The zero-order valence-corrected chi connectivity index (χ0v) is 23.8. The molecule has 0 saturated carbocycles. The number of carbonyl (C=O) groups is 1. The number of oxazole rings is 1. The van der Waals surface area contributed by atoms with E-state index in [-0.39, 0.29) is 5.92 Å². The maximum atomic E-state index is 13.7. The summed E-state index contributed by atoms with van der Waals surface area (Å²) in [5.74, 6) is 0.863. The van der Waals surface area contributed by atoms with Crippen molar-refractivity contribution in [1.82, 2.24) is 15.0 Å². The Labute approximate surface area is 252 Å². The number of carbonyl (C=O) groups excluding carboxylic acids is 1. The van der Waals surface area contributed by atoms with Gasteiger partial charge in [0.15, 0.2) is 18.4 Å². The summed E-state index contributed by atoms with van der Waals surface area (Å²) in [4.78, 5) is 23.7.